The zero-order valence-electron chi connectivity index (χ0n) is 17.1. The van der Waals surface area contributed by atoms with Crippen LogP contribution in [0.2, 0.25) is 0 Å². The van der Waals surface area contributed by atoms with E-state index in [9.17, 15) is 16.8 Å². The number of hydrogen-bond donors (Lipinski definition) is 1. The number of sulfonamides is 2. The maximum Gasteiger partial charge on any atom is 0.243 e. The van der Waals surface area contributed by atoms with Gasteiger partial charge in [0.15, 0.2) is 0 Å². The molecule has 0 radical (unpaired) electrons. The first-order valence-corrected chi connectivity index (χ1v) is 13.1. The Morgan fingerprint density at radius 2 is 1.48 bits per heavy atom. The van der Waals surface area contributed by atoms with Gasteiger partial charge in [0.25, 0.3) is 0 Å². The molecule has 29 heavy (non-hydrogen) atoms. The normalized spacial score (nSPS) is 25.2. The van der Waals surface area contributed by atoms with E-state index < -0.39 is 20.0 Å². The van der Waals surface area contributed by atoms with Crippen LogP contribution in [-0.2, 0) is 24.8 Å². The largest absolute Gasteiger partial charge is 0.373 e. The monoisotopic (exact) mass is 445 g/mol. The van der Waals surface area contributed by atoms with E-state index in [1.807, 2.05) is 13.8 Å². The van der Waals surface area contributed by atoms with Crippen molar-refractivity contribution in [3.8, 4) is 0 Å². The minimum Gasteiger partial charge on any atom is -0.373 e. The van der Waals surface area contributed by atoms with E-state index in [1.54, 1.807) is 0 Å². The minimum absolute atomic E-state index is 0.0683. The van der Waals surface area contributed by atoms with Gasteiger partial charge in [-0.05, 0) is 51.0 Å². The van der Waals surface area contributed by atoms with Crippen LogP contribution in [0.4, 0.5) is 0 Å². The van der Waals surface area contributed by atoms with Crippen LogP contribution in [-0.4, -0.2) is 77.5 Å². The molecule has 0 spiro atoms. The third-order valence-electron chi connectivity index (χ3n) is 5.30. The molecule has 0 aromatic heterocycles. The highest BCUT2D eigenvalue weighted by Crippen LogP contribution is 2.22. The summed E-state index contributed by atoms with van der Waals surface area (Å²) in [5.41, 5.74) is 0. The highest BCUT2D eigenvalue weighted by Gasteiger charge is 2.27. The molecule has 0 saturated carbocycles. The van der Waals surface area contributed by atoms with Crippen LogP contribution in [0.25, 0.3) is 0 Å². The Morgan fingerprint density at radius 1 is 0.931 bits per heavy atom. The van der Waals surface area contributed by atoms with Gasteiger partial charge in [-0.3, -0.25) is 4.90 Å². The zero-order valence-corrected chi connectivity index (χ0v) is 18.7. The lowest BCUT2D eigenvalue weighted by Crippen LogP contribution is -2.47. The number of hydrogen-bond acceptors (Lipinski definition) is 6. The summed E-state index contributed by atoms with van der Waals surface area (Å²) in [6.45, 7) is 7.47. The van der Waals surface area contributed by atoms with Crippen molar-refractivity contribution < 1.29 is 21.6 Å². The molecule has 1 aromatic carbocycles. The van der Waals surface area contributed by atoms with E-state index >= 15 is 0 Å². The lowest BCUT2D eigenvalue weighted by Gasteiger charge is -2.35. The second-order valence-corrected chi connectivity index (χ2v) is 11.6. The first kappa shape index (κ1) is 22.6. The van der Waals surface area contributed by atoms with Gasteiger partial charge in [-0.25, -0.2) is 21.6 Å². The molecule has 1 N–H and O–H groups in total. The molecule has 2 fully saturated rings. The number of rotatable bonds is 7. The van der Waals surface area contributed by atoms with Gasteiger partial charge in [0.05, 0.1) is 22.0 Å². The molecule has 3 rings (SSSR count). The molecule has 8 nitrogen and oxygen atoms in total. The summed E-state index contributed by atoms with van der Waals surface area (Å²) in [5, 5.41) is 0. The van der Waals surface area contributed by atoms with Crippen molar-refractivity contribution in [1.29, 1.82) is 0 Å². The molecular weight excluding hydrogens is 414 g/mol. The van der Waals surface area contributed by atoms with Crippen molar-refractivity contribution in [2.75, 3.05) is 39.3 Å². The summed E-state index contributed by atoms with van der Waals surface area (Å²) >= 11 is 0. The first-order valence-electron chi connectivity index (χ1n) is 10.2. The van der Waals surface area contributed by atoms with E-state index in [0.29, 0.717) is 19.6 Å². The fourth-order valence-corrected chi connectivity index (χ4v) is 6.47. The second kappa shape index (κ2) is 9.40. The van der Waals surface area contributed by atoms with E-state index in [4.69, 9.17) is 4.74 Å². The van der Waals surface area contributed by atoms with E-state index in [0.717, 1.165) is 32.4 Å². The van der Waals surface area contributed by atoms with Gasteiger partial charge in [0.1, 0.15) is 0 Å². The van der Waals surface area contributed by atoms with Gasteiger partial charge >= 0.3 is 0 Å². The van der Waals surface area contributed by atoms with Gasteiger partial charge in [-0.2, -0.15) is 4.31 Å². The summed E-state index contributed by atoms with van der Waals surface area (Å²) in [4.78, 5) is 2.38. The number of benzene rings is 1. The zero-order chi connectivity index (χ0) is 21.1. The van der Waals surface area contributed by atoms with Crippen LogP contribution in [0.5, 0.6) is 0 Å². The van der Waals surface area contributed by atoms with Gasteiger partial charge in [0.2, 0.25) is 20.0 Å². The molecule has 164 valence electrons. The van der Waals surface area contributed by atoms with Crippen molar-refractivity contribution in [1.82, 2.24) is 13.9 Å². The third kappa shape index (κ3) is 5.77. The third-order valence-corrected chi connectivity index (χ3v) is 8.69. The molecule has 2 unspecified atom stereocenters. The average molecular weight is 446 g/mol. The highest BCUT2D eigenvalue weighted by atomic mass is 32.2. The molecule has 1 aromatic rings. The summed E-state index contributed by atoms with van der Waals surface area (Å²) < 4.78 is 60.2. The smallest absolute Gasteiger partial charge is 0.243 e. The lowest BCUT2D eigenvalue weighted by atomic mass is 10.2. The first-order chi connectivity index (χ1) is 13.7. The van der Waals surface area contributed by atoms with Gasteiger partial charge in [-0.1, -0.05) is 6.42 Å². The number of nitrogens with zero attached hydrogens (tertiary/aromatic N) is 2. The van der Waals surface area contributed by atoms with Crippen molar-refractivity contribution >= 4 is 20.0 Å². The maximum absolute atomic E-state index is 12.7. The van der Waals surface area contributed by atoms with Crippen LogP contribution in [0.15, 0.2) is 34.1 Å². The van der Waals surface area contributed by atoms with Gasteiger partial charge in [0, 0.05) is 39.3 Å². The number of morpholine rings is 1. The molecule has 2 saturated heterocycles. The number of ether oxygens (including phenoxy) is 1. The highest BCUT2D eigenvalue weighted by molar-refractivity contribution is 7.89. The Hall–Kier alpha value is -1.04. The predicted molar refractivity (Wildman–Crippen MR) is 111 cm³/mol. The topological polar surface area (TPSA) is 96.0 Å². The Labute approximate surface area is 174 Å². The molecule has 0 aliphatic carbocycles. The molecule has 10 heteroatoms. The molecule has 2 aliphatic heterocycles. The Bertz CT molecular complexity index is 871. The molecule has 2 heterocycles. The van der Waals surface area contributed by atoms with Crippen molar-refractivity contribution in [2.24, 2.45) is 0 Å². The van der Waals surface area contributed by atoms with Gasteiger partial charge < -0.3 is 4.74 Å². The van der Waals surface area contributed by atoms with Crippen LogP contribution < -0.4 is 4.72 Å². The Kier molecular flexibility index (Phi) is 7.34. The van der Waals surface area contributed by atoms with Crippen LogP contribution >= 0.6 is 0 Å². The van der Waals surface area contributed by atoms with Crippen LogP contribution in [0.1, 0.15) is 33.1 Å². The van der Waals surface area contributed by atoms with E-state index in [2.05, 4.69) is 9.62 Å². The van der Waals surface area contributed by atoms with Gasteiger partial charge in [-0.15, -0.1) is 0 Å². The summed E-state index contributed by atoms with van der Waals surface area (Å²) in [7, 11) is -7.26. The standard InChI is InChI=1S/C19H31N3O5S2/c1-16-14-21(15-17(2)27-16)13-10-20-28(23,24)18-6-8-19(9-7-18)29(25,26)22-11-4-3-5-12-22/h6-9,16-17,20H,3-5,10-15H2,1-2H3. The molecule has 0 amide bonds. The fourth-order valence-electron chi connectivity index (χ4n) is 3.93. The van der Waals surface area contributed by atoms with E-state index in [-0.39, 0.29) is 28.5 Å². The minimum atomic E-state index is -3.69. The lowest BCUT2D eigenvalue weighted by molar-refractivity contribution is -0.0671. The Morgan fingerprint density at radius 3 is 2.07 bits per heavy atom. The quantitative estimate of drug-likeness (QED) is 0.679. The van der Waals surface area contributed by atoms with Crippen molar-refractivity contribution in [3.63, 3.8) is 0 Å². The van der Waals surface area contributed by atoms with Crippen molar-refractivity contribution in [2.45, 2.75) is 55.1 Å². The second-order valence-electron chi connectivity index (χ2n) is 7.85. The Balaban J connectivity index is 1.59. The fraction of sp³-hybridized carbons (Fsp3) is 0.684. The molecule has 2 atom stereocenters. The van der Waals surface area contributed by atoms with Crippen LogP contribution in [0, 0.1) is 0 Å². The predicted octanol–water partition coefficient (Wildman–Crippen LogP) is 1.25. The molecule has 0 bridgehead atoms. The molecular formula is C19H31N3O5S2. The number of piperidine rings is 1. The maximum atomic E-state index is 12.7. The summed E-state index contributed by atoms with van der Waals surface area (Å²) in [6, 6.07) is 5.48. The number of nitrogens with one attached hydrogen (secondary N) is 1. The van der Waals surface area contributed by atoms with E-state index in [1.165, 1.54) is 28.6 Å². The summed E-state index contributed by atoms with van der Waals surface area (Å²) in [5.74, 6) is 0. The van der Waals surface area contributed by atoms with Crippen molar-refractivity contribution in [3.05, 3.63) is 24.3 Å². The summed E-state index contributed by atoms with van der Waals surface area (Å²) in [6.07, 6.45) is 3.01. The molecule has 2 aliphatic rings. The van der Waals surface area contributed by atoms with Crippen LogP contribution in [0.3, 0.4) is 0 Å². The SMILES string of the molecule is CC1CN(CCNS(=O)(=O)c2ccc(S(=O)(=O)N3CCCCC3)cc2)CC(C)O1. The average Bonchev–Trinajstić information content (AvgIpc) is 2.68.